The Morgan fingerprint density at radius 1 is 1.64 bits per heavy atom. The van der Waals surface area contributed by atoms with Gasteiger partial charge in [0.25, 0.3) is 0 Å². The first kappa shape index (κ1) is 11.2. The van der Waals surface area contributed by atoms with Crippen molar-refractivity contribution in [1.82, 2.24) is 5.48 Å². The predicted octanol–water partition coefficient (Wildman–Crippen LogP) is 1.78. The Balaban J connectivity index is 2.54. The molecule has 80 valence electrons. The molecule has 1 aliphatic rings. The third kappa shape index (κ3) is 2.32. The average Bonchev–Trinajstić information content (AvgIpc) is 2.67. The molecule has 1 atom stereocenters. The highest BCUT2D eigenvalue weighted by Gasteiger charge is 2.37. The van der Waals surface area contributed by atoms with Gasteiger partial charge in [-0.05, 0) is 19.3 Å². The van der Waals surface area contributed by atoms with Crippen LogP contribution in [-0.2, 0) is 4.79 Å². The van der Waals surface area contributed by atoms with Crippen molar-refractivity contribution in [3.63, 3.8) is 0 Å². The number of hydrogen-bond acceptors (Lipinski definition) is 3. The Bertz CT molecular complexity index is 228. The lowest BCUT2D eigenvalue weighted by molar-refractivity contribution is -0.125. The second-order valence-electron chi connectivity index (χ2n) is 3.77. The zero-order chi connectivity index (χ0) is 10.4. The number of unbranched alkanes of at least 4 members (excludes halogenated alkanes) is 2. The molecule has 0 saturated carbocycles. The summed E-state index contributed by atoms with van der Waals surface area (Å²) in [6, 6.07) is 0. The second kappa shape index (κ2) is 5.10. The Hall–Kier alpha value is -0.900. The SMILES string of the molecule is CCCCCC1(C(=O)N[O-])CCC=N1. The summed E-state index contributed by atoms with van der Waals surface area (Å²) < 4.78 is 0. The second-order valence-corrected chi connectivity index (χ2v) is 3.77. The molecule has 4 nitrogen and oxygen atoms in total. The van der Waals surface area contributed by atoms with Crippen molar-refractivity contribution in [2.24, 2.45) is 4.99 Å². The van der Waals surface area contributed by atoms with Crippen LogP contribution in [0.5, 0.6) is 0 Å². The van der Waals surface area contributed by atoms with Crippen LogP contribution in [0.25, 0.3) is 0 Å². The summed E-state index contributed by atoms with van der Waals surface area (Å²) in [7, 11) is 0. The monoisotopic (exact) mass is 197 g/mol. The lowest BCUT2D eigenvalue weighted by atomic mass is 9.89. The van der Waals surface area contributed by atoms with E-state index in [4.69, 9.17) is 0 Å². The zero-order valence-corrected chi connectivity index (χ0v) is 8.58. The number of hydrogen-bond donors (Lipinski definition) is 1. The van der Waals surface area contributed by atoms with Crippen LogP contribution in [0, 0.1) is 5.21 Å². The minimum absolute atomic E-state index is 0.470. The molecule has 0 radical (unpaired) electrons. The summed E-state index contributed by atoms with van der Waals surface area (Å²) in [6.07, 6.45) is 7.10. The number of nitrogens with zero attached hydrogens (tertiary/aromatic N) is 1. The quantitative estimate of drug-likeness (QED) is 0.539. The van der Waals surface area contributed by atoms with E-state index in [1.807, 2.05) is 0 Å². The highest BCUT2D eigenvalue weighted by Crippen LogP contribution is 2.29. The molecular formula is C10H17N2O2-. The molecule has 1 unspecified atom stereocenters. The van der Waals surface area contributed by atoms with Crippen molar-refractivity contribution >= 4 is 12.1 Å². The third-order valence-corrected chi connectivity index (χ3v) is 2.73. The lowest BCUT2D eigenvalue weighted by Gasteiger charge is -2.26. The lowest BCUT2D eigenvalue weighted by Crippen LogP contribution is -2.41. The summed E-state index contributed by atoms with van der Waals surface area (Å²) in [5.41, 5.74) is 0.733. The fraction of sp³-hybridized carbons (Fsp3) is 0.800. The number of amides is 1. The Morgan fingerprint density at radius 2 is 2.43 bits per heavy atom. The van der Waals surface area contributed by atoms with E-state index in [0.29, 0.717) is 12.8 Å². The predicted molar refractivity (Wildman–Crippen MR) is 56.1 cm³/mol. The number of aliphatic imine (C=N–C) groups is 1. The van der Waals surface area contributed by atoms with E-state index in [2.05, 4.69) is 11.9 Å². The standard InChI is InChI=1S/C10H17N2O2/c1-2-3-4-6-10(9(13)12-14)7-5-8-11-10/h8H,2-7H2,1H3,(H-,12,13,14)/q-1. The highest BCUT2D eigenvalue weighted by atomic mass is 16.5. The van der Waals surface area contributed by atoms with Gasteiger partial charge in [0.2, 0.25) is 5.91 Å². The van der Waals surface area contributed by atoms with Crippen LogP contribution in [0.2, 0.25) is 0 Å². The van der Waals surface area contributed by atoms with Crippen LogP contribution in [0.15, 0.2) is 4.99 Å². The number of nitrogens with one attached hydrogen (secondary N) is 1. The molecule has 0 aliphatic carbocycles. The van der Waals surface area contributed by atoms with Crippen LogP contribution in [0.1, 0.15) is 45.4 Å². The van der Waals surface area contributed by atoms with Gasteiger partial charge in [-0.25, -0.2) is 0 Å². The van der Waals surface area contributed by atoms with Crippen LogP contribution >= 0.6 is 0 Å². The van der Waals surface area contributed by atoms with Gasteiger partial charge in [-0.2, -0.15) is 0 Å². The summed E-state index contributed by atoms with van der Waals surface area (Å²) >= 11 is 0. The first-order chi connectivity index (χ1) is 6.75. The summed E-state index contributed by atoms with van der Waals surface area (Å²) in [6.45, 7) is 2.11. The molecule has 4 heteroatoms. The molecule has 1 amide bonds. The number of carbonyl (C=O) groups excluding carboxylic acids is 1. The molecule has 0 spiro atoms. The molecule has 1 heterocycles. The van der Waals surface area contributed by atoms with Gasteiger partial charge in [-0.3, -0.25) is 9.79 Å². The van der Waals surface area contributed by atoms with Gasteiger partial charge in [0, 0.05) is 6.21 Å². The van der Waals surface area contributed by atoms with Crippen LogP contribution in [0.3, 0.4) is 0 Å². The van der Waals surface area contributed by atoms with E-state index in [0.717, 1.165) is 25.7 Å². The van der Waals surface area contributed by atoms with Crippen molar-refractivity contribution in [2.45, 2.75) is 51.0 Å². The first-order valence-electron chi connectivity index (χ1n) is 5.21. The Kier molecular flexibility index (Phi) is 4.07. The maximum Gasteiger partial charge on any atom is 0.237 e. The van der Waals surface area contributed by atoms with Gasteiger partial charge >= 0.3 is 0 Å². The van der Waals surface area contributed by atoms with Crippen molar-refractivity contribution in [2.75, 3.05) is 0 Å². The number of carbonyl (C=O) groups is 1. The Morgan fingerprint density at radius 3 is 2.93 bits per heavy atom. The zero-order valence-electron chi connectivity index (χ0n) is 8.58. The van der Waals surface area contributed by atoms with E-state index >= 15 is 0 Å². The van der Waals surface area contributed by atoms with Gasteiger partial charge < -0.3 is 10.7 Å². The molecule has 0 fully saturated rings. The molecule has 0 bridgehead atoms. The smallest absolute Gasteiger partial charge is 0.237 e. The minimum Gasteiger partial charge on any atom is -0.759 e. The van der Waals surface area contributed by atoms with E-state index in [9.17, 15) is 10.0 Å². The molecule has 1 rings (SSSR count). The summed E-state index contributed by atoms with van der Waals surface area (Å²) in [4.78, 5) is 15.6. The van der Waals surface area contributed by atoms with Gasteiger partial charge in [0.1, 0.15) is 5.54 Å². The first-order valence-corrected chi connectivity index (χ1v) is 5.21. The van der Waals surface area contributed by atoms with Gasteiger partial charge in [0.05, 0.1) is 0 Å². The maximum absolute atomic E-state index is 11.4. The van der Waals surface area contributed by atoms with E-state index in [1.165, 1.54) is 5.48 Å². The van der Waals surface area contributed by atoms with Gasteiger partial charge in [-0.15, -0.1) is 0 Å². The average molecular weight is 197 g/mol. The fourth-order valence-corrected chi connectivity index (χ4v) is 1.84. The summed E-state index contributed by atoms with van der Waals surface area (Å²) in [5, 5.41) is 10.4. The molecule has 0 saturated heterocycles. The largest absolute Gasteiger partial charge is 0.759 e. The normalized spacial score (nSPS) is 25.3. The molecule has 0 aromatic heterocycles. The van der Waals surface area contributed by atoms with E-state index in [1.54, 1.807) is 6.21 Å². The third-order valence-electron chi connectivity index (χ3n) is 2.73. The minimum atomic E-state index is -0.739. The van der Waals surface area contributed by atoms with Crippen molar-refractivity contribution < 1.29 is 4.79 Å². The topological polar surface area (TPSA) is 64.5 Å². The molecule has 1 aliphatic heterocycles. The van der Waals surface area contributed by atoms with Crippen LogP contribution in [0.4, 0.5) is 0 Å². The molecule has 0 aromatic carbocycles. The van der Waals surface area contributed by atoms with Crippen molar-refractivity contribution in [3.05, 3.63) is 5.21 Å². The molecule has 0 aromatic rings. The molecule has 1 N–H and O–H groups in total. The van der Waals surface area contributed by atoms with Gasteiger partial charge in [-0.1, -0.05) is 26.2 Å². The van der Waals surface area contributed by atoms with E-state index < -0.39 is 11.4 Å². The maximum atomic E-state index is 11.4. The molecule has 14 heavy (non-hydrogen) atoms. The van der Waals surface area contributed by atoms with Crippen LogP contribution < -0.4 is 5.48 Å². The number of hydroxylamine groups is 1. The highest BCUT2D eigenvalue weighted by molar-refractivity contribution is 5.89. The Labute approximate surface area is 84.4 Å². The summed E-state index contributed by atoms with van der Waals surface area (Å²) in [5.74, 6) is -0.470. The number of rotatable bonds is 5. The molecular weight excluding hydrogens is 180 g/mol. The fourth-order valence-electron chi connectivity index (χ4n) is 1.84. The van der Waals surface area contributed by atoms with E-state index in [-0.39, 0.29) is 0 Å². The van der Waals surface area contributed by atoms with Gasteiger partial charge in [0.15, 0.2) is 0 Å². The van der Waals surface area contributed by atoms with Crippen molar-refractivity contribution in [3.8, 4) is 0 Å². The van der Waals surface area contributed by atoms with Crippen molar-refractivity contribution in [1.29, 1.82) is 0 Å². The van der Waals surface area contributed by atoms with Crippen LogP contribution in [-0.4, -0.2) is 17.7 Å².